The van der Waals surface area contributed by atoms with Gasteiger partial charge in [0, 0.05) is 18.7 Å². The molecule has 0 aliphatic carbocycles. The van der Waals surface area contributed by atoms with Crippen molar-refractivity contribution in [3.05, 3.63) is 28.2 Å². The zero-order valence-electron chi connectivity index (χ0n) is 12.6. The fraction of sp³-hybridized carbons (Fsp3) is 0.571. The standard InChI is InChI=1S/C14H21N3O4/c1-4-8-17-13(19)7-6-11(16-17)14(20)21-9-12(18)15-10(3)5-2/h6-7,10H,4-5,8-9H2,1-3H3,(H,15,18)/t10-/m1/s1. The van der Waals surface area contributed by atoms with E-state index in [9.17, 15) is 14.4 Å². The maximum atomic E-state index is 11.8. The molecule has 7 nitrogen and oxygen atoms in total. The van der Waals surface area contributed by atoms with E-state index in [1.54, 1.807) is 0 Å². The van der Waals surface area contributed by atoms with Crippen molar-refractivity contribution >= 4 is 11.9 Å². The van der Waals surface area contributed by atoms with E-state index in [-0.39, 0.29) is 29.8 Å². The van der Waals surface area contributed by atoms with E-state index < -0.39 is 5.97 Å². The Morgan fingerprint density at radius 3 is 2.71 bits per heavy atom. The van der Waals surface area contributed by atoms with Gasteiger partial charge in [-0.05, 0) is 25.8 Å². The molecule has 116 valence electrons. The van der Waals surface area contributed by atoms with E-state index in [1.807, 2.05) is 20.8 Å². The summed E-state index contributed by atoms with van der Waals surface area (Å²) in [7, 11) is 0. The topological polar surface area (TPSA) is 90.3 Å². The Kier molecular flexibility index (Phi) is 6.58. The molecule has 21 heavy (non-hydrogen) atoms. The van der Waals surface area contributed by atoms with Crippen LogP contribution in [0.1, 0.15) is 44.1 Å². The minimum absolute atomic E-state index is 0.0133. The largest absolute Gasteiger partial charge is 0.451 e. The fourth-order valence-corrected chi connectivity index (χ4v) is 1.55. The number of ether oxygens (including phenoxy) is 1. The van der Waals surface area contributed by atoms with Gasteiger partial charge in [-0.2, -0.15) is 5.10 Å². The molecule has 0 unspecified atom stereocenters. The number of amides is 1. The van der Waals surface area contributed by atoms with Gasteiger partial charge in [-0.25, -0.2) is 9.48 Å². The van der Waals surface area contributed by atoms with Crippen LogP contribution in [-0.4, -0.2) is 34.3 Å². The molecular formula is C14H21N3O4. The first-order valence-corrected chi connectivity index (χ1v) is 7.02. The second kappa shape index (κ2) is 8.18. The normalized spacial score (nSPS) is 11.8. The van der Waals surface area contributed by atoms with Crippen molar-refractivity contribution in [2.24, 2.45) is 0 Å². The maximum Gasteiger partial charge on any atom is 0.359 e. The summed E-state index contributed by atoms with van der Waals surface area (Å²) in [5.74, 6) is -1.08. The monoisotopic (exact) mass is 295 g/mol. The molecule has 1 atom stereocenters. The predicted octanol–water partition coefficient (Wildman–Crippen LogP) is 0.725. The number of nitrogens with one attached hydrogen (secondary N) is 1. The van der Waals surface area contributed by atoms with Gasteiger partial charge >= 0.3 is 5.97 Å². The molecule has 1 amide bonds. The van der Waals surface area contributed by atoms with Gasteiger partial charge in [0.05, 0.1) is 0 Å². The molecule has 0 bridgehead atoms. The lowest BCUT2D eigenvalue weighted by Gasteiger charge is -2.11. The van der Waals surface area contributed by atoms with Crippen molar-refractivity contribution < 1.29 is 14.3 Å². The predicted molar refractivity (Wildman–Crippen MR) is 77.0 cm³/mol. The summed E-state index contributed by atoms with van der Waals surface area (Å²) in [5, 5.41) is 6.60. The zero-order chi connectivity index (χ0) is 15.8. The smallest absolute Gasteiger partial charge is 0.359 e. The molecule has 1 aromatic heterocycles. The molecule has 0 spiro atoms. The van der Waals surface area contributed by atoms with Crippen LogP contribution in [0.25, 0.3) is 0 Å². The lowest BCUT2D eigenvalue weighted by molar-refractivity contribution is -0.124. The number of carbonyl (C=O) groups excluding carboxylic acids is 2. The van der Waals surface area contributed by atoms with E-state index in [4.69, 9.17) is 4.74 Å². The molecule has 1 rings (SSSR count). The molecule has 0 aromatic carbocycles. The van der Waals surface area contributed by atoms with Gasteiger partial charge in [0.1, 0.15) is 0 Å². The summed E-state index contributed by atoms with van der Waals surface area (Å²) < 4.78 is 6.08. The second-order valence-corrected chi connectivity index (χ2v) is 4.73. The van der Waals surface area contributed by atoms with E-state index in [0.717, 1.165) is 12.8 Å². The summed E-state index contributed by atoms with van der Waals surface area (Å²) in [6, 6.07) is 2.59. The Morgan fingerprint density at radius 2 is 2.10 bits per heavy atom. The first-order chi connectivity index (χ1) is 9.97. The van der Waals surface area contributed by atoms with Crippen molar-refractivity contribution in [3.63, 3.8) is 0 Å². The van der Waals surface area contributed by atoms with Crippen LogP contribution in [0.2, 0.25) is 0 Å². The van der Waals surface area contributed by atoms with E-state index >= 15 is 0 Å². The summed E-state index contributed by atoms with van der Waals surface area (Å²) in [6.45, 7) is 5.77. The number of nitrogens with zero attached hydrogens (tertiary/aromatic N) is 2. The molecule has 1 N–H and O–H groups in total. The first-order valence-electron chi connectivity index (χ1n) is 7.02. The molecule has 1 aromatic rings. The number of carbonyl (C=O) groups is 2. The molecule has 0 radical (unpaired) electrons. The lowest BCUT2D eigenvalue weighted by atomic mass is 10.2. The number of rotatable bonds is 7. The van der Waals surface area contributed by atoms with Gasteiger partial charge in [-0.1, -0.05) is 13.8 Å². The Labute approximate surface area is 123 Å². The first kappa shape index (κ1) is 16.9. The third-order valence-electron chi connectivity index (χ3n) is 2.87. The maximum absolute atomic E-state index is 11.8. The molecular weight excluding hydrogens is 274 g/mol. The van der Waals surface area contributed by atoms with Crippen molar-refractivity contribution in [1.82, 2.24) is 15.1 Å². The van der Waals surface area contributed by atoms with Crippen molar-refractivity contribution in [1.29, 1.82) is 0 Å². The molecule has 0 saturated carbocycles. The summed E-state index contributed by atoms with van der Waals surface area (Å²) in [4.78, 5) is 34.8. The summed E-state index contributed by atoms with van der Waals surface area (Å²) >= 11 is 0. The van der Waals surface area contributed by atoms with Crippen LogP contribution in [0.15, 0.2) is 16.9 Å². The van der Waals surface area contributed by atoms with Gasteiger partial charge < -0.3 is 10.1 Å². The van der Waals surface area contributed by atoms with Crippen LogP contribution in [0.4, 0.5) is 0 Å². The average Bonchev–Trinajstić information content (AvgIpc) is 2.47. The van der Waals surface area contributed by atoms with E-state index in [1.165, 1.54) is 16.8 Å². The van der Waals surface area contributed by atoms with Gasteiger partial charge in [-0.3, -0.25) is 9.59 Å². The van der Waals surface area contributed by atoms with Crippen LogP contribution < -0.4 is 10.9 Å². The number of hydrogen-bond acceptors (Lipinski definition) is 5. The number of esters is 1. The zero-order valence-corrected chi connectivity index (χ0v) is 12.6. The SMILES string of the molecule is CCCn1nc(C(=O)OCC(=O)N[C@H](C)CC)ccc1=O. The van der Waals surface area contributed by atoms with Gasteiger partial charge in [0.15, 0.2) is 12.3 Å². The molecule has 0 fully saturated rings. The molecule has 1 heterocycles. The molecule has 0 saturated heterocycles. The van der Waals surface area contributed by atoms with Crippen LogP contribution >= 0.6 is 0 Å². The van der Waals surface area contributed by atoms with Gasteiger partial charge in [0.2, 0.25) is 0 Å². The highest BCUT2D eigenvalue weighted by molar-refractivity contribution is 5.89. The van der Waals surface area contributed by atoms with Crippen molar-refractivity contribution in [3.8, 4) is 0 Å². The minimum Gasteiger partial charge on any atom is -0.451 e. The van der Waals surface area contributed by atoms with Crippen LogP contribution in [-0.2, 0) is 16.1 Å². The minimum atomic E-state index is -0.723. The highest BCUT2D eigenvalue weighted by atomic mass is 16.5. The summed E-state index contributed by atoms with van der Waals surface area (Å²) in [5.41, 5.74) is -0.262. The van der Waals surface area contributed by atoms with Gasteiger partial charge in [0.25, 0.3) is 11.5 Å². The van der Waals surface area contributed by atoms with Crippen molar-refractivity contribution in [2.75, 3.05) is 6.61 Å². The third kappa shape index (κ3) is 5.37. The molecule has 0 aliphatic heterocycles. The number of aryl methyl sites for hydroxylation is 1. The highest BCUT2D eigenvalue weighted by Crippen LogP contribution is 1.96. The Bertz CT molecular complexity index is 553. The number of hydrogen-bond donors (Lipinski definition) is 1. The molecule has 7 heteroatoms. The van der Waals surface area contributed by atoms with Crippen LogP contribution in [0.3, 0.4) is 0 Å². The summed E-state index contributed by atoms with van der Waals surface area (Å²) in [6.07, 6.45) is 1.52. The highest BCUT2D eigenvalue weighted by Gasteiger charge is 2.14. The van der Waals surface area contributed by atoms with Crippen LogP contribution in [0.5, 0.6) is 0 Å². The Morgan fingerprint density at radius 1 is 1.38 bits per heavy atom. The van der Waals surface area contributed by atoms with Gasteiger partial charge in [-0.15, -0.1) is 0 Å². The quantitative estimate of drug-likeness (QED) is 0.749. The lowest BCUT2D eigenvalue weighted by Crippen LogP contribution is -2.35. The van der Waals surface area contributed by atoms with Crippen molar-refractivity contribution in [2.45, 2.75) is 46.2 Å². The fourth-order valence-electron chi connectivity index (χ4n) is 1.55. The van der Waals surface area contributed by atoms with E-state index in [0.29, 0.717) is 6.54 Å². The van der Waals surface area contributed by atoms with E-state index in [2.05, 4.69) is 10.4 Å². The Balaban J connectivity index is 2.62. The third-order valence-corrected chi connectivity index (χ3v) is 2.87. The second-order valence-electron chi connectivity index (χ2n) is 4.73. The van der Waals surface area contributed by atoms with Crippen LogP contribution in [0, 0.1) is 0 Å². The Hall–Kier alpha value is -2.18. The average molecular weight is 295 g/mol. The molecule has 0 aliphatic rings. The number of aromatic nitrogens is 2.